The minimum atomic E-state index is -4.03. The van der Waals surface area contributed by atoms with Gasteiger partial charge in [-0.15, -0.1) is 0 Å². The van der Waals surface area contributed by atoms with Crippen molar-refractivity contribution in [2.45, 2.75) is 4.90 Å². The maximum Gasteiger partial charge on any atom is 0.342 e. The number of rotatable bonds is 4. The molecule has 0 amide bonds. The molecule has 2 rings (SSSR count). The molecular weight excluding hydrogens is 368 g/mol. The van der Waals surface area contributed by atoms with E-state index in [0.29, 0.717) is 4.47 Å². The lowest BCUT2D eigenvalue weighted by molar-refractivity contribution is 0.398. The second-order valence-electron chi connectivity index (χ2n) is 3.79. The lowest BCUT2D eigenvalue weighted by atomic mass is 10.3. The summed E-state index contributed by atoms with van der Waals surface area (Å²) in [6.07, 6.45) is 0. The van der Waals surface area contributed by atoms with Crippen LogP contribution in [-0.2, 0) is 10.1 Å². The molecule has 0 unspecified atom stereocenters. The average molecular weight is 378 g/mol. The van der Waals surface area contributed by atoms with E-state index >= 15 is 0 Å². The highest BCUT2D eigenvalue weighted by Crippen LogP contribution is 2.30. The van der Waals surface area contributed by atoms with Crippen molar-refractivity contribution < 1.29 is 17.3 Å². The largest absolute Gasteiger partial charge is 0.495 e. The molecule has 0 aliphatic carbocycles. The number of benzene rings is 2. The average Bonchev–Trinajstić information content (AvgIpc) is 2.38. The van der Waals surface area contributed by atoms with Gasteiger partial charge in [0.1, 0.15) is 16.4 Å². The highest BCUT2D eigenvalue weighted by Gasteiger charge is 2.22. The third-order valence-electron chi connectivity index (χ3n) is 2.40. The molecule has 2 aromatic rings. The van der Waals surface area contributed by atoms with Crippen molar-refractivity contribution >= 4 is 37.6 Å². The summed E-state index contributed by atoms with van der Waals surface area (Å²) < 4.78 is 35.3. The summed E-state index contributed by atoms with van der Waals surface area (Å²) in [5.41, 5.74) is 0. The molecule has 106 valence electrons. The third kappa shape index (κ3) is 3.45. The number of hydrogen-bond donors (Lipinski definition) is 0. The van der Waals surface area contributed by atoms with Gasteiger partial charge in [0.15, 0.2) is 0 Å². The normalized spacial score (nSPS) is 11.2. The Balaban J connectivity index is 2.43. The predicted octanol–water partition coefficient (Wildman–Crippen LogP) is 3.88. The van der Waals surface area contributed by atoms with Crippen molar-refractivity contribution in [1.82, 2.24) is 0 Å². The van der Waals surface area contributed by atoms with Crippen LogP contribution in [0, 0.1) is 0 Å². The van der Waals surface area contributed by atoms with Crippen molar-refractivity contribution in [2.75, 3.05) is 7.11 Å². The highest BCUT2D eigenvalue weighted by molar-refractivity contribution is 9.10. The van der Waals surface area contributed by atoms with Crippen molar-refractivity contribution in [1.29, 1.82) is 0 Å². The second-order valence-corrected chi connectivity index (χ2v) is 6.66. The number of ether oxygens (including phenoxy) is 1. The van der Waals surface area contributed by atoms with E-state index in [2.05, 4.69) is 15.9 Å². The fourth-order valence-electron chi connectivity index (χ4n) is 1.54. The van der Waals surface area contributed by atoms with Gasteiger partial charge in [-0.05, 0) is 36.4 Å². The topological polar surface area (TPSA) is 52.6 Å². The van der Waals surface area contributed by atoms with E-state index in [1.165, 1.54) is 19.2 Å². The first-order chi connectivity index (χ1) is 9.42. The van der Waals surface area contributed by atoms with Crippen LogP contribution in [0.15, 0.2) is 51.8 Å². The van der Waals surface area contributed by atoms with E-state index in [0.717, 1.165) is 0 Å². The molecule has 0 aliphatic rings. The van der Waals surface area contributed by atoms with Gasteiger partial charge in [0, 0.05) is 9.50 Å². The molecule has 0 atom stereocenters. The SMILES string of the molecule is COc1ccc(Cl)cc1S(=O)(=O)Oc1cccc(Br)c1. The maximum atomic E-state index is 12.3. The minimum absolute atomic E-state index is 0.118. The van der Waals surface area contributed by atoms with Gasteiger partial charge in [0.05, 0.1) is 7.11 Å². The first kappa shape index (κ1) is 15.2. The second kappa shape index (κ2) is 6.03. The van der Waals surface area contributed by atoms with Crippen LogP contribution in [0.3, 0.4) is 0 Å². The number of halogens is 2. The molecule has 0 bridgehead atoms. The van der Waals surface area contributed by atoms with E-state index in [1.807, 2.05) is 0 Å². The Kier molecular flexibility index (Phi) is 4.57. The molecule has 0 spiro atoms. The Bertz CT molecular complexity index is 731. The molecule has 0 N–H and O–H groups in total. The quantitative estimate of drug-likeness (QED) is 0.759. The Hall–Kier alpha value is -1.24. The fourth-order valence-corrected chi connectivity index (χ4v) is 3.27. The zero-order chi connectivity index (χ0) is 14.8. The Labute approximate surface area is 130 Å². The van der Waals surface area contributed by atoms with Crippen molar-refractivity contribution in [2.24, 2.45) is 0 Å². The Morgan fingerprint density at radius 3 is 2.55 bits per heavy atom. The van der Waals surface area contributed by atoms with E-state index in [4.69, 9.17) is 20.5 Å². The van der Waals surface area contributed by atoms with Crippen LogP contribution in [0.4, 0.5) is 0 Å². The molecule has 20 heavy (non-hydrogen) atoms. The monoisotopic (exact) mass is 376 g/mol. The summed E-state index contributed by atoms with van der Waals surface area (Å²) in [7, 11) is -2.65. The first-order valence-electron chi connectivity index (χ1n) is 5.46. The summed E-state index contributed by atoms with van der Waals surface area (Å²) >= 11 is 9.07. The standard InChI is InChI=1S/C13H10BrClO4S/c1-18-12-6-5-10(15)8-13(12)20(16,17)19-11-4-2-3-9(14)7-11/h2-8H,1H3. The third-order valence-corrected chi connectivity index (χ3v) is 4.39. The summed E-state index contributed by atoms with van der Waals surface area (Å²) in [6, 6.07) is 10.8. The van der Waals surface area contributed by atoms with Crippen LogP contribution in [0.2, 0.25) is 5.02 Å². The van der Waals surface area contributed by atoms with Crippen molar-refractivity contribution in [3.63, 3.8) is 0 Å². The lowest BCUT2D eigenvalue weighted by Crippen LogP contribution is -2.11. The summed E-state index contributed by atoms with van der Waals surface area (Å²) in [6.45, 7) is 0. The van der Waals surface area contributed by atoms with Crippen LogP contribution < -0.4 is 8.92 Å². The Morgan fingerprint density at radius 1 is 1.15 bits per heavy atom. The lowest BCUT2D eigenvalue weighted by Gasteiger charge is -2.11. The van der Waals surface area contributed by atoms with Gasteiger partial charge in [0.2, 0.25) is 0 Å². The van der Waals surface area contributed by atoms with E-state index in [9.17, 15) is 8.42 Å². The fraction of sp³-hybridized carbons (Fsp3) is 0.0769. The molecule has 0 saturated carbocycles. The van der Waals surface area contributed by atoms with E-state index < -0.39 is 10.1 Å². The van der Waals surface area contributed by atoms with Crippen LogP contribution in [0.1, 0.15) is 0 Å². The van der Waals surface area contributed by atoms with Crippen LogP contribution in [0.25, 0.3) is 0 Å². The van der Waals surface area contributed by atoms with E-state index in [1.54, 1.807) is 30.3 Å². The van der Waals surface area contributed by atoms with Gasteiger partial charge in [-0.2, -0.15) is 8.42 Å². The zero-order valence-corrected chi connectivity index (χ0v) is 13.5. The molecular formula is C13H10BrClO4S. The maximum absolute atomic E-state index is 12.3. The molecule has 0 saturated heterocycles. The number of methoxy groups -OCH3 is 1. The van der Waals surface area contributed by atoms with Crippen LogP contribution >= 0.6 is 27.5 Å². The van der Waals surface area contributed by atoms with Gasteiger partial charge in [-0.3, -0.25) is 0 Å². The van der Waals surface area contributed by atoms with Gasteiger partial charge < -0.3 is 8.92 Å². The van der Waals surface area contributed by atoms with Crippen LogP contribution in [-0.4, -0.2) is 15.5 Å². The first-order valence-corrected chi connectivity index (χ1v) is 8.04. The predicted molar refractivity (Wildman–Crippen MR) is 80.0 cm³/mol. The summed E-state index contributed by atoms with van der Waals surface area (Å²) in [5.74, 6) is 0.366. The molecule has 4 nitrogen and oxygen atoms in total. The van der Waals surface area contributed by atoms with Crippen LogP contribution in [0.5, 0.6) is 11.5 Å². The molecule has 0 radical (unpaired) electrons. The highest BCUT2D eigenvalue weighted by atomic mass is 79.9. The molecule has 0 aromatic heterocycles. The van der Waals surface area contributed by atoms with Gasteiger partial charge in [-0.1, -0.05) is 33.6 Å². The van der Waals surface area contributed by atoms with Gasteiger partial charge >= 0.3 is 10.1 Å². The zero-order valence-electron chi connectivity index (χ0n) is 10.3. The van der Waals surface area contributed by atoms with Gasteiger partial charge in [-0.25, -0.2) is 0 Å². The minimum Gasteiger partial charge on any atom is -0.495 e. The molecule has 0 fully saturated rings. The Morgan fingerprint density at radius 2 is 1.90 bits per heavy atom. The number of hydrogen-bond acceptors (Lipinski definition) is 4. The molecule has 7 heteroatoms. The van der Waals surface area contributed by atoms with Gasteiger partial charge in [0.25, 0.3) is 0 Å². The smallest absolute Gasteiger partial charge is 0.342 e. The summed E-state index contributed by atoms with van der Waals surface area (Å²) in [5, 5.41) is 0.280. The van der Waals surface area contributed by atoms with E-state index in [-0.39, 0.29) is 21.4 Å². The summed E-state index contributed by atoms with van der Waals surface area (Å²) in [4.78, 5) is -0.118. The molecule has 2 aromatic carbocycles. The molecule has 0 aliphatic heterocycles. The van der Waals surface area contributed by atoms with Crippen molar-refractivity contribution in [3.8, 4) is 11.5 Å². The van der Waals surface area contributed by atoms with Crippen molar-refractivity contribution in [3.05, 3.63) is 52.0 Å². The molecule has 0 heterocycles.